The van der Waals surface area contributed by atoms with Gasteiger partial charge in [-0.2, -0.15) is 0 Å². The van der Waals surface area contributed by atoms with Crippen molar-refractivity contribution in [2.75, 3.05) is 25.1 Å². The van der Waals surface area contributed by atoms with E-state index in [1.165, 1.54) is 0 Å². The van der Waals surface area contributed by atoms with Crippen molar-refractivity contribution in [1.82, 2.24) is 5.32 Å². The van der Waals surface area contributed by atoms with E-state index in [0.717, 1.165) is 36.8 Å². The van der Waals surface area contributed by atoms with Gasteiger partial charge in [0.25, 0.3) is 11.8 Å². The molecule has 1 aliphatic rings. The number of rotatable bonds is 9. The summed E-state index contributed by atoms with van der Waals surface area (Å²) in [4.78, 5) is 25.3. The second-order valence-corrected chi connectivity index (χ2v) is 8.14. The molecule has 2 aromatic carbocycles. The lowest BCUT2D eigenvalue weighted by atomic mass is 10.1. The molecule has 7 heteroatoms. The predicted octanol–water partition coefficient (Wildman–Crippen LogP) is 4.79. The van der Waals surface area contributed by atoms with Crippen molar-refractivity contribution in [2.24, 2.45) is 0 Å². The molecule has 1 fully saturated rings. The molecule has 30 heavy (non-hydrogen) atoms. The third-order valence-electron chi connectivity index (χ3n) is 4.84. The summed E-state index contributed by atoms with van der Waals surface area (Å²) in [5, 5.41) is 5.76. The van der Waals surface area contributed by atoms with Crippen LogP contribution in [0.15, 0.2) is 46.9 Å². The van der Waals surface area contributed by atoms with Gasteiger partial charge in [0, 0.05) is 28.9 Å². The number of carbonyl (C=O) groups is 2. The molecule has 1 aliphatic heterocycles. The number of anilines is 1. The molecule has 3 rings (SSSR count). The minimum Gasteiger partial charge on any atom is -0.493 e. The van der Waals surface area contributed by atoms with E-state index in [9.17, 15) is 9.59 Å². The lowest BCUT2D eigenvalue weighted by Gasteiger charge is -2.13. The third-order valence-corrected chi connectivity index (χ3v) is 5.33. The van der Waals surface area contributed by atoms with Crippen LogP contribution in [0.2, 0.25) is 0 Å². The number of carbonyl (C=O) groups excluding carboxylic acids is 2. The van der Waals surface area contributed by atoms with Crippen molar-refractivity contribution < 1.29 is 19.1 Å². The SMILES string of the molecule is CCCCOc1ccc(Br)cc1C(=O)Nc1cccc(C(=O)NCC2CCCO2)c1. The molecule has 0 aliphatic carbocycles. The summed E-state index contributed by atoms with van der Waals surface area (Å²) in [6, 6.07) is 12.2. The molecule has 1 unspecified atom stereocenters. The summed E-state index contributed by atoms with van der Waals surface area (Å²) < 4.78 is 12.1. The molecule has 0 saturated carbocycles. The zero-order valence-corrected chi connectivity index (χ0v) is 18.7. The van der Waals surface area contributed by atoms with Crippen LogP contribution in [-0.2, 0) is 4.74 Å². The molecule has 1 atom stereocenters. The molecule has 1 saturated heterocycles. The first-order valence-corrected chi connectivity index (χ1v) is 11.1. The Hall–Kier alpha value is -2.38. The topological polar surface area (TPSA) is 76.7 Å². The fourth-order valence-electron chi connectivity index (χ4n) is 3.18. The largest absolute Gasteiger partial charge is 0.493 e. The Labute approximate surface area is 185 Å². The van der Waals surface area contributed by atoms with Crippen LogP contribution in [0.25, 0.3) is 0 Å². The van der Waals surface area contributed by atoms with E-state index in [1.54, 1.807) is 36.4 Å². The molecule has 6 nitrogen and oxygen atoms in total. The Morgan fingerprint density at radius 1 is 1.20 bits per heavy atom. The number of hydrogen-bond donors (Lipinski definition) is 2. The first-order valence-electron chi connectivity index (χ1n) is 10.3. The highest BCUT2D eigenvalue weighted by Gasteiger charge is 2.18. The number of benzene rings is 2. The van der Waals surface area contributed by atoms with Gasteiger partial charge in [0.15, 0.2) is 0 Å². The van der Waals surface area contributed by atoms with Crippen LogP contribution < -0.4 is 15.4 Å². The molecule has 0 bridgehead atoms. The average molecular weight is 475 g/mol. The maximum Gasteiger partial charge on any atom is 0.259 e. The van der Waals surface area contributed by atoms with Crippen LogP contribution >= 0.6 is 15.9 Å². The van der Waals surface area contributed by atoms with Gasteiger partial charge >= 0.3 is 0 Å². The van der Waals surface area contributed by atoms with Gasteiger partial charge in [-0.25, -0.2) is 0 Å². The Morgan fingerprint density at radius 3 is 2.83 bits per heavy atom. The molecule has 2 amide bonds. The molecule has 0 aromatic heterocycles. The second kappa shape index (κ2) is 11.1. The first kappa shape index (κ1) is 22.3. The highest BCUT2D eigenvalue weighted by molar-refractivity contribution is 9.10. The van der Waals surface area contributed by atoms with Crippen LogP contribution in [0.3, 0.4) is 0 Å². The number of halogens is 1. The van der Waals surface area contributed by atoms with Crippen molar-refractivity contribution in [3.05, 3.63) is 58.1 Å². The maximum absolute atomic E-state index is 12.9. The van der Waals surface area contributed by atoms with E-state index in [1.807, 2.05) is 6.07 Å². The fourth-order valence-corrected chi connectivity index (χ4v) is 3.54. The van der Waals surface area contributed by atoms with Crippen molar-refractivity contribution in [2.45, 2.75) is 38.7 Å². The van der Waals surface area contributed by atoms with E-state index < -0.39 is 0 Å². The van der Waals surface area contributed by atoms with Crippen molar-refractivity contribution in [3.63, 3.8) is 0 Å². The van der Waals surface area contributed by atoms with E-state index in [2.05, 4.69) is 33.5 Å². The summed E-state index contributed by atoms with van der Waals surface area (Å²) in [5.74, 6) is 0.0574. The minimum atomic E-state index is -0.292. The number of hydrogen-bond acceptors (Lipinski definition) is 4. The van der Waals surface area contributed by atoms with Gasteiger partial charge in [0.2, 0.25) is 0 Å². The highest BCUT2D eigenvalue weighted by atomic mass is 79.9. The van der Waals surface area contributed by atoms with Gasteiger partial charge in [0.05, 0.1) is 18.3 Å². The van der Waals surface area contributed by atoms with Crippen LogP contribution in [0.5, 0.6) is 5.75 Å². The van der Waals surface area contributed by atoms with E-state index in [4.69, 9.17) is 9.47 Å². The average Bonchev–Trinajstić information content (AvgIpc) is 3.27. The van der Waals surface area contributed by atoms with Crippen LogP contribution in [0.1, 0.15) is 53.3 Å². The number of unbranched alkanes of at least 4 members (excludes halogenated alkanes) is 1. The Bertz CT molecular complexity index is 881. The molecular formula is C23H27BrN2O4. The maximum atomic E-state index is 12.9. The summed E-state index contributed by atoms with van der Waals surface area (Å²) >= 11 is 3.41. The van der Waals surface area contributed by atoms with Gasteiger partial charge in [0.1, 0.15) is 5.75 Å². The number of nitrogens with one attached hydrogen (secondary N) is 2. The van der Waals surface area contributed by atoms with Crippen LogP contribution in [-0.4, -0.2) is 37.7 Å². The van der Waals surface area contributed by atoms with Gasteiger partial charge in [-0.15, -0.1) is 0 Å². The van der Waals surface area contributed by atoms with Crippen LogP contribution in [0, 0.1) is 0 Å². The summed E-state index contributed by atoms with van der Waals surface area (Å²) in [6.07, 6.45) is 4.01. The lowest BCUT2D eigenvalue weighted by Crippen LogP contribution is -2.31. The highest BCUT2D eigenvalue weighted by Crippen LogP contribution is 2.25. The van der Waals surface area contributed by atoms with Gasteiger partial charge in [-0.3, -0.25) is 9.59 Å². The molecular weight excluding hydrogens is 448 g/mol. The molecule has 2 N–H and O–H groups in total. The fraction of sp³-hybridized carbons (Fsp3) is 0.391. The second-order valence-electron chi connectivity index (χ2n) is 7.22. The van der Waals surface area contributed by atoms with Crippen molar-refractivity contribution in [1.29, 1.82) is 0 Å². The van der Waals surface area contributed by atoms with Gasteiger partial charge in [-0.05, 0) is 55.7 Å². The normalized spacial score (nSPS) is 15.6. The quantitative estimate of drug-likeness (QED) is 0.512. The van der Waals surface area contributed by atoms with E-state index in [-0.39, 0.29) is 17.9 Å². The van der Waals surface area contributed by atoms with Gasteiger partial charge in [-0.1, -0.05) is 35.3 Å². The summed E-state index contributed by atoms with van der Waals surface area (Å²) in [6.45, 7) is 3.88. The number of ether oxygens (including phenoxy) is 2. The monoisotopic (exact) mass is 474 g/mol. The predicted molar refractivity (Wildman–Crippen MR) is 120 cm³/mol. The van der Waals surface area contributed by atoms with Crippen molar-refractivity contribution in [3.8, 4) is 5.75 Å². The first-order chi connectivity index (χ1) is 14.6. The Balaban J connectivity index is 1.66. The molecule has 0 radical (unpaired) electrons. The Morgan fingerprint density at radius 2 is 2.07 bits per heavy atom. The number of amides is 2. The zero-order chi connectivity index (χ0) is 21.3. The minimum absolute atomic E-state index is 0.0829. The lowest BCUT2D eigenvalue weighted by molar-refractivity contribution is 0.0857. The molecule has 2 aromatic rings. The van der Waals surface area contributed by atoms with Crippen LogP contribution in [0.4, 0.5) is 5.69 Å². The summed E-state index contributed by atoms with van der Waals surface area (Å²) in [7, 11) is 0. The van der Waals surface area contributed by atoms with E-state index >= 15 is 0 Å². The molecule has 0 spiro atoms. The Kier molecular flexibility index (Phi) is 8.28. The standard InChI is InChI=1S/C23H27BrN2O4/c1-2-3-11-30-21-10-9-17(24)14-20(21)23(28)26-18-7-4-6-16(13-18)22(27)25-15-19-8-5-12-29-19/h4,6-7,9-10,13-14,19H,2-3,5,8,11-12,15H2,1H3,(H,25,27)(H,26,28). The molecule has 1 heterocycles. The zero-order valence-electron chi connectivity index (χ0n) is 17.1. The van der Waals surface area contributed by atoms with Gasteiger partial charge < -0.3 is 20.1 Å². The summed E-state index contributed by atoms with van der Waals surface area (Å²) in [5.41, 5.74) is 1.47. The van der Waals surface area contributed by atoms with Crippen molar-refractivity contribution >= 4 is 33.4 Å². The smallest absolute Gasteiger partial charge is 0.259 e. The van der Waals surface area contributed by atoms with E-state index in [0.29, 0.717) is 35.7 Å². The third kappa shape index (κ3) is 6.31. The molecule has 160 valence electrons.